The number of nitrogens with zero attached hydrogens (tertiary/aromatic N) is 1. The third-order valence-corrected chi connectivity index (χ3v) is 5.88. The van der Waals surface area contributed by atoms with Crippen molar-refractivity contribution in [3.05, 3.63) is 29.8 Å². The lowest BCUT2D eigenvalue weighted by Gasteiger charge is -2.20. The lowest BCUT2D eigenvalue weighted by molar-refractivity contribution is -0.131. The fraction of sp³-hybridized carbons (Fsp3) is 0.500. The van der Waals surface area contributed by atoms with Gasteiger partial charge in [0, 0.05) is 31.8 Å². The van der Waals surface area contributed by atoms with Crippen molar-refractivity contribution in [1.29, 1.82) is 0 Å². The van der Waals surface area contributed by atoms with Crippen LogP contribution in [-0.2, 0) is 14.8 Å². The quantitative estimate of drug-likeness (QED) is 0.765. The van der Waals surface area contributed by atoms with E-state index < -0.39 is 10.0 Å². The fourth-order valence-electron chi connectivity index (χ4n) is 2.08. The highest BCUT2D eigenvalue weighted by Crippen LogP contribution is 2.12. The summed E-state index contributed by atoms with van der Waals surface area (Å²) in [4.78, 5) is 13.9. The van der Waals surface area contributed by atoms with E-state index in [1.807, 2.05) is 6.92 Å². The van der Waals surface area contributed by atoms with Gasteiger partial charge in [0.05, 0.1) is 10.9 Å². The van der Waals surface area contributed by atoms with Crippen molar-refractivity contribution in [2.24, 2.45) is 0 Å². The molecule has 6 nitrogen and oxygen atoms in total. The molecule has 0 radical (unpaired) electrons. The average Bonchev–Trinajstić information content (AvgIpc) is 3.00. The largest absolute Gasteiger partial charge is 0.343 e. The van der Waals surface area contributed by atoms with Gasteiger partial charge in [0.1, 0.15) is 0 Å². The first-order valence-electron chi connectivity index (χ1n) is 7.02. The molecule has 2 rings (SSSR count). The van der Waals surface area contributed by atoms with Crippen LogP contribution in [0.3, 0.4) is 0 Å². The van der Waals surface area contributed by atoms with E-state index in [-0.39, 0.29) is 35.8 Å². The van der Waals surface area contributed by atoms with Crippen LogP contribution in [0.15, 0.2) is 29.2 Å². The topological polar surface area (TPSA) is 78.5 Å². The van der Waals surface area contributed by atoms with Gasteiger partial charge in [-0.2, -0.15) is 0 Å². The van der Waals surface area contributed by atoms with Crippen molar-refractivity contribution in [3.63, 3.8) is 0 Å². The molecule has 1 unspecified atom stereocenters. The van der Waals surface area contributed by atoms with Crippen molar-refractivity contribution >= 4 is 40.1 Å². The summed E-state index contributed by atoms with van der Waals surface area (Å²) in [5.74, 6) is 1.54. The van der Waals surface area contributed by atoms with Gasteiger partial charge in [-0.3, -0.25) is 10.1 Å². The highest BCUT2D eigenvalue weighted by atomic mass is 35.5. The maximum absolute atomic E-state index is 12.1. The van der Waals surface area contributed by atoms with E-state index in [1.165, 1.54) is 0 Å². The summed E-state index contributed by atoms with van der Waals surface area (Å²) in [6.45, 7) is 2.44. The van der Waals surface area contributed by atoms with Gasteiger partial charge in [0.2, 0.25) is 15.9 Å². The number of benzene rings is 1. The van der Waals surface area contributed by atoms with E-state index in [2.05, 4.69) is 10.0 Å². The van der Waals surface area contributed by atoms with E-state index in [4.69, 9.17) is 0 Å². The standard InChI is InChI=1S/C14H21N3O3S2.ClH/c1-11-3-5-12(6-4-11)22(19,20)16-7-8-17(2)14(18)13-9-21-10-15-13;/h3-6,13,15-16H,7-10H2,1-2H3;1H. The van der Waals surface area contributed by atoms with Crippen LogP contribution in [0.1, 0.15) is 5.56 Å². The number of hydrogen-bond donors (Lipinski definition) is 2. The number of thioether (sulfide) groups is 1. The van der Waals surface area contributed by atoms with Gasteiger partial charge in [0.25, 0.3) is 0 Å². The van der Waals surface area contributed by atoms with Gasteiger partial charge < -0.3 is 4.90 Å². The fourth-order valence-corrected chi connectivity index (χ4v) is 4.03. The molecule has 23 heavy (non-hydrogen) atoms. The van der Waals surface area contributed by atoms with Crippen LogP contribution < -0.4 is 10.0 Å². The summed E-state index contributed by atoms with van der Waals surface area (Å²) in [6, 6.07) is 6.50. The molecule has 1 aliphatic rings. The van der Waals surface area contributed by atoms with Gasteiger partial charge in [0.15, 0.2) is 0 Å². The normalized spacial score (nSPS) is 17.6. The zero-order valence-corrected chi connectivity index (χ0v) is 15.6. The second kappa shape index (κ2) is 8.89. The van der Waals surface area contributed by atoms with Crippen molar-refractivity contribution in [2.75, 3.05) is 31.8 Å². The van der Waals surface area contributed by atoms with Crippen LogP contribution in [0.2, 0.25) is 0 Å². The molecule has 0 spiro atoms. The lowest BCUT2D eigenvalue weighted by atomic mass is 10.2. The van der Waals surface area contributed by atoms with Gasteiger partial charge in [-0.25, -0.2) is 13.1 Å². The number of rotatable bonds is 6. The van der Waals surface area contributed by atoms with Gasteiger partial charge >= 0.3 is 0 Å². The summed E-state index contributed by atoms with van der Waals surface area (Å²) in [5, 5.41) is 3.11. The summed E-state index contributed by atoms with van der Waals surface area (Å²) in [7, 11) is -1.84. The minimum atomic E-state index is -3.53. The van der Waals surface area contributed by atoms with E-state index in [0.29, 0.717) is 6.54 Å². The zero-order valence-electron chi connectivity index (χ0n) is 13.1. The Morgan fingerprint density at radius 3 is 2.61 bits per heavy atom. The van der Waals surface area contributed by atoms with E-state index in [1.54, 1.807) is 48.0 Å². The molecule has 1 atom stereocenters. The minimum Gasteiger partial charge on any atom is -0.343 e. The molecule has 0 bridgehead atoms. The van der Waals surface area contributed by atoms with Gasteiger partial charge in [-0.1, -0.05) is 17.7 Å². The predicted molar refractivity (Wildman–Crippen MR) is 95.5 cm³/mol. The molecular formula is C14H22ClN3O3S2. The Labute approximate surface area is 147 Å². The molecule has 1 saturated heterocycles. The summed E-state index contributed by atoms with van der Waals surface area (Å²) < 4.78 is 26.8. The van der Waals surface area contributed by atoms with Crippen LogP contribution in [0.5, 0.6) is 0 Å². The number of nitrogens with one attached hydrogen (secondary N) is 2. The molecule has 0 saturated carbocycles. The van der Waals surface area contributed by atoms with Gasteiger partial charge in [-0.05, 0) is 19.1 Å². The molecule has 1 heterocycles. The number of halogens is 1. The third-order valence-electron chi connectivity index (χ3n) is 3.46. The maximum atomic E-state index is 12.1. The number of amides is 1. The second-order valence-corrected chi connectivity index (χ2v) is 8.04. The van der Waals surface area contributed by atoms with Crippen LogP contribution in [0.25, 0.3) is 0 Å². The number of aryl methyl sites for hydroxylation is 1. The van der Waals surface area contributed by atoms with Gasteiger partial charge in [-0.15, -0.1) is 24.2 Å². The highest BCUT2D eigenvalue weighted by molar-refractivity contribution is 7.99. The van der Waals surface area contributed by atoms with Crippen molar-refractivity contribution in [2.45, 2.75) is 17.9 Å². The highest BCUT2D eigenvalue weighted by Gasteiger charge is 2.25. The molecule has 0 aromatic heterocycles. The Morgan fingerprint density at radius 2 is 2.04 bits per heavy atom. The molecule has 1 amide bonds. The van der Waals surface area contributed by atoms with Crippen LogP contribution in [0.4, 0.5) is 0 Å². The molecular weight excluding hydrogens is 358 g/mol. The molecule has 1 aromatic rings. The van der Waals surface area contributed by atoms with E-state index in [0.717, 1.165) is 17.2 Å². The molecule has 1 aliphatic heterocycles. The van der Waals surface area contributed by atoms with E-state index >= 15 is 0 Å². The maximum Gasteiger partial charge on any atom is 0.240 e. The number of sulfonamides is 1. The Balaban J connectivity index is 0.00000264. The lowest BCUT2D eigenvalue weighted by Crippen LogP contribution is -2.45. The van der Waals surface area contributed by atoms with Crippen molar-refractivity contribution in [3.8, 4) is 0 Å². The Hall–Kier alpha value is -0.800. The second-order valence-electron chi connectivity index (χ2n) is 5.24. The summed E-state index contributed by atoms with van der Waals surface area (Å²) in [5.41, 5.74) is 1.01. The number of likely N-dealkylation sites (N-methyl/N-ethyl adjacent to an activating group) is 1. The first-order valence-corrected chi connectivity index (χ1v) is 9.66. The van der Waals surface area contributed by atoms with Crippen LogP contribution in [-0.4, -0.2) is 57.0 Å². The first-order chi connectivity index (χ1) is 10.4. The van der Waals surface area contributed by atoms with Crippen LogP contribution in [0, 0.1) is 6.92 Å². The van der Waals surface area contributed by atoms with Crippen molar-refractivity contribution in [1.82, 2.24) is 14.9 Å². The molecule has 2 N–H and O–H groups in total. The van der Waals surface area contributed by atoms with E-state index in [9.17, 15) is 13.2 Å². The molecule has 0 aliphatic carbocycles. The van der Waals surface area contributed by atoms with Crippen molar-refractivity contribution < 1.29 is 13.2 Å². The molecule has 9 heteroatoms. The monoisotopic (exact) mass is 379 g/mol. The Bertz CT molecular complexity index is 617. The Morgan fingerprint density at radius 1 is 1.39 bits per heavy atom. The average molecular weight is 380 g/mol. The summed E-state index contributed by atoms with van der Waals surface area (Å²) >= 11 is 1.68. The number of carbonyl (C=O) groups excluding carboxylic acids is 1. The number of hydrogen-bond acceptors (Lipinski definition) is 5. The SMILES string of the molecule is Cc1ccc(S(=O)(=O)NCCN(C)C(=O)C2CSCN2)cc1.Cl. The number of carbonyl (C=O) groups is 1. The zero-order chi connectivity index (χ0) is 16.2. The first kappa shape index (κ1) is 20.2. The van der Waals surface area contributed by atoms with Crippen LogP contribution >= 0.6 is 24.2 Å². The smallest absolute Gasteiger partial charge is 0.240 e. The summed E-state index contributed by atoms with van der Waals surface area (Å²) in [6.07, 6.45) is 0. The Kier molecular flexibility index (Phi) is 7.82. The minimum absolute atomic E-state index is 0. The molecule has 1 fully saturated rings. The predicted octanol–water partition coefficient (Wildman–Crippen LogP) is 0.816. The molecule has 130 valence electrons. The molecule has 1 aromatic carbocycles. The third kappa shape index (κ3) is 5.65.